The topological polar surface area (TPSA) is 61.6 Å². The van der Waals surface area contributed by atoms with Gasteiger partial charge in [-0.25, -0.2) is 0 Å². The first-order chi connectivity index (χ1) is 9.17. The summed E-state index contributed by atoms with van der Waals surface area (Å²) in [6, 6.07) is 12.6. The van der Waals surface area contributed by atoms with Gasteiger partial charge >= 0.3 is 0 Å². The molecule has 0 bridgehead atoms. The zero-order chi connectivity index (χ0) is 13.8. The zero-order valence-electron chi connectivity index (χ0n) is 10.8. The summed E-state index contributed by atoms with van der Waals surface area (Å²) in [4.78, 5) is 11.5. The van der Waals surface area contributed by atoms with Crippen molar-refractivity contribution < 1.29 is 14.3 Å². The Labute approximate surface area is 111 Å². The van der Waals surface area contributed by atoms with Crippen molar-refractivity contribution in [1.29, 1.82) is 0 Å². The molecule has 0 unspecified atom stereocenters. The first-order valence-electron chi connectivity index (χ1n) is 5.78. The lowest BCUT2D eigenvalue weighted by molar-refractivity contribution is 0.100. The van der Waals surface area contributed by atoms with Gasteiger partial charge in [0.05, 0.1) is 19.8 Å². The number of carbonyl (C=O) groups is 1. The molecule has 0 fully saturated rings. The maximum absolute atomic E-state index is 11.5. The van der Waals surface area contributed by atoms with Gasteiger partial charge in [-0.2, -0.15) is 0 Å². The van der Waals surface area contributed by atoms with Crippen LogP contribution in [0, 0.1) is 0 Å². The smallest absolute Gasteiger partial charge is 0.249 e. The van der Waals surface area contributed by atoms with Gasteiger partial charge in [0.2, 0.25) is 5.91 Å². The van der Waals surface area contributed by atoms with Crippen LogP contribution >= 0.6 is 0 Å². The molecule has 4 heteroatoms. The highest BCUT2D eigenvalue weighted by Gasteiger charge is 2.14. The third-order valence-corrected chi connectivity index (χ3v) is 2.89. The Morgan fingerprint density at radius 3 is 2.21 bits per heavy atom. The van der Waals surface area contributed by atoms with E-state index in [1.807, 2.05) is 24.3 Å². The van der Waals surface area contributed by atoms with Crippen molar-refractivity contribution in [3.05, 3.63) is 48.0 Å². The van der Waals surface area contributed by atoms with Crippen LogP contribution in [0.3, 0.4) is 0 Å². The molecule has 2 aromatic rings. The van der Waals surface area contributed by atoms with E-state index >= 15 is 0 Å². The van der Waals surface area contributed by atoms with E-state index in [0.29, 0.717) is 16.9 Å². The van der Waals surface area contributed by atoms with Crippen LogP contribution in [0.2, 0.25) is 0 Å². The molecule has 1 amide bonds. The van der Waals surface area contributed by atoms with Gasteiger partial charge in [0, 0.05) is 5.56 Å². The third-order valence-electron chi connectivity index (χ3n) is 2.89. The molecule has 2 N–H and O–H groups in total. The fourth-order valence-corrected chi connectivity index (χ4v) is 1.96. The lowest BCUT2D eigenvalue weighted by Crippen LogP contribution is -2.12. The molecule has 2 rings (SSSR count). The predicted octanol–water partition coefficient (Wildman–Crippen LogP) is 2.47. The van der Waals surface area contributed by atoms with E-state index in [1.54, 1.807) is 32.4 Å². The summed E-state index contributed by atoms with van der Waals surface area (Å²) in [5, 5.41) is 0. The number of hydrogen-bond donors (Lipinski definition) is 1. The fourth-order valence-electron chi connectivity index (χ4n) is 1.96. The molecule has 0 aliphatic rings. The highest BCUT2D eigenvalue weighted by Crippen LogP contribution is 2.34. The minimum Gasteiger partial charge on any atom is -0.497 e. The van der Waals surface area contributed by atoms with Crippen LogP contribution in [0.5, 0.6) is 11.5 Å². The lowest BCUT2D eigenvalue weighted by Gasteiger charge is -2.12. The first-order valence-corrected chi connectivity index (χ1v) is 5.78. The van der Waals surface area contributed by atoms with E-state index in [2.05, 4.69) is 0 Å². The number of amides is 1. The van der Waals surface area contributed by atoms with E-state index in [4.69, 9.17) is 15.2 Å². The van der Waals surface area contributed by atoms with Crippen molar-refractivity contribution in [3.8, 4) is 22.6 Å². The number of primary amides is 1. The summed E-state index contributed by atoms with van der Waals surface area (Å²) in [5.74, 6) is 0.880. The molecule has 0 aliphatic heterocycles. The minimum absolute atomic E-state index is 0.435. The largest absolute Gasteiger partial charge is 0.497 e. The summed E-state index contributed by atoms with van der Waals surface area (Å²) in [6.45, 7) is 0. The standard InChI is InChI=1S/C15H15NO3/c1-18-11-8-6-10(7-9-11)14-12(15(16)17)4-3-5-13(14)19-2/h3-9H,1-2H3,(H2,16,17). The maximum Gasteiger partial charge on any atom is 0.249 e. The quantitative estimate of drug-likeness (QED) is 0.915. The third kappa shape index (κ3) is 2.52. The molecule has 0 spiro atoms. The second kappa shape index (κ2) is 5.44. The summed E-state index contributed by atoms with van der Waals surface area (Å²) in [7, 11) is 3.17. The van der Waals surface area contributed by atoms with E-state index in [9.17, 15) is 4.79 Å². The van der Waals surface area contributed by atoms with Gasteiger partial charge in [0.15, 0.2) is 0 Å². The Kier molecular flexibility index (Phi) is 3.71. The molecule has 0 heterocycles. The van der Waals surface area contributed by atoms with Gasteiger partial charge in [0.1, 0.15) is 11.5 Å². The number of hydrogen-bond acceptors (Lipinski definition) is 3. The second-order valence-corrected chi connectivity index (χ2v) is 3.98. The van der Waals surface area contributed by atoms with Crippen molar-refractivity contribution in [2.75, 3.05) is 14.2 Å². The average Bonchev–Trinajstić information content (AvgIpc) is 2.46. The van der Waals surface area contributed by atoms with E-state index in [1.165, 1.54) is 0 Å². The molecule has 0 aliphatic carbocycles. The summed E-state index contributed by atoms with van der Waals surface area (Å²) >= 11 is 0. The summed E-state index contributed by atoms with van der Waals surface area (Å²) in [6.07, 6.45) is 0. The molecule has 98 valence electrons. The van der Waals surface area contributed by atoms with Gasteiger partial charge < -0.3 is 15.2 Å². The Hall–Kier alpha value is -2.49. The van der Waals surface area contributed by atoms with Crippen LogP contribution < -0.4 is 15.2 Å². The van der Waals surface area contributed by atoms with Crippen molar-refractivity contribution in [1.82, 2.24) is 0 Å². The van der Waals surface area contributed by atoms with Crippen molar-refractivity contribution in [2.24, 2.45) is 5.73 Å². The van der Waals surface area contributed by atoms with Crippen LogP contribution in [0.4, 0.5) is 0 Å². The lowest BCUT2D eigenvalue weighted by atomic mass is 9.98. The van der Waals surface area contributed by atoms with Crippen LogP contribution in [-0.2, 0) is 0 Å². The molecule has 0 saturated carbocycles. The molecule has 0 radical (unpaired) electrons. The van der Waals surface area contributed by atoms with Crippen molar-refractivity contribution in [2.45, 2.75) is 0 Å². The van der Waals surface area contributed by atoms with Crippen LogP contribution in [-0.4, -0.2) is 20.1 Å². The maximum atomic E-state index is 11.5. The Morgan fingerprint density at radius 1 is 1.00 bits per heavy atom. The Morgan fingerprint density at radius 2 is 1.68 bits per heavy atom. The Bertz CT molecular complexity index is 591. The van der Waals surface area contributed by atoms with Gasteiger partial charge in [0.25, 0.3) is 0 Å². The van der Waals surface area contributed by atoms with E-state index in [-0.39, 0.29) is 0 Å². The monoisotopic (exact) mass is 257 g/mol. The SMILES string of the molecule is COc1ccc(-c2c(OC)cccc2C(N)=O)cc1. The molecule has 0 saturated heterocycles. The number of methoxy groups -OCH3 is 2. The molecular formula is C15H15NO3. The second-order valence-electron chi connectivity index (χ2n) is 3.98. The van der Waals surface area contributed by atoms with Gasteiger partial charge in [-0.3, -0.25) is 4.79 Å². The minimum atomic E-state index is -0.482. The molecular weight excluding hydrogens is 242 g/mol. The number of benzene rings is 2. The highest BCUT2D eigenvalue weighted by atomic mass is 16.5. The zero-order valence-corrected chi connectivity index (χ0v) is 10.8. The summed E-state index contributed by atoms with van der Waals surface area (Å²) < 4.78 is 10.4. The molecule has 2 aromatic carbocycles. The predicted molar refractivity (Wildman–Crippen MR) is 73.5 cm³/mol. The highest BCUT2D eigenvalue weighted by molar-refractivity contribution is 6.01. The molecule has 0 aromatic heterocycles. The van der Waals surface area contributed by atoms with Crippen molar-refractivity contribution in [3.63, 3.8) is 0 Å². The number of ether oxygens (including phenoxy) is 2. The van der Waals surface area contributed by atoms with Crippen LogP contribution in [0.25, 0.3) is 11.1 Å². The van der Waals surface area contributed by atoms with Gasteiger partial charge in [-0.05, 0) is 29.8 Å². The number of carbonyl (C=O) groups excluding carboxylic acids is 1. The van der Waals surface area contributed by atoms with Gasteiger partial charge in [-0.15, -0.1) is 0 Å². The van der Waals surface area contributed by atoms with Gasteiger partial charge in [-0.1, -0.05) is 18.2 Å². The van der Waals surface area contributed by atoms with Crippen LogP contribution in [0.15, 0.2) is 42.5 Å². The molecule has 4 nitrogen and oxygen atoms in total. The van der Waals surface area contributed by atoms with Crippen LogP contribution in [0.1, 0.15) is 10.4 Å². The molecule has 19 heavy (non-hydrogen) atoms. The fraction of sp³-hybridized carbons (Fsp3) is 0.133. The number of rotatable bonds is 4. The first kappa shape index (κ1) is 13.0. The normalized spacial score (nSPS) is 10.0. The van der Waals surface area contributed by atoms with E-state index in [0.717, 1.165) is 11.3 Å². The summed E-state index contributed by atoms with van der Waals surface area (Å²) in [5.41, 5.74) is 7.40. The molecule has 0 atom stereocenters. The average molecular weight is 257 g/mol. The Balaban J connectivity index is 2.61. The van der Waals surface area contributed by atoms with Crippen molar-refractivity contribution >= 4 is 5.91 Å². The van der Waals surface area contributed by atoms with E-state index < -0.39 is 5.91 Å². The number of nitrogens with two attached hydrogens (primary N) is 1.